The maximum Gasteiger partial charge on any atom is 0.305 e. The Morgan fingerprint density at radius 3 is 1.15 bits per heavy atom. The van der Waals surface area contributed by atoms with Crippen LogP contribution in [0.2, 0.25) is 0 Å². The molecule has 0 radical (unpaired) electrons. The van der Waals surface area contributed by atoms with Gasteiger partial charge in [0.05, 0.1) is 14.2 Å². The topological polar surface area (TPSA) is 87.6 Å². The number of ether oxygens (including phenoxy) is 2. The lowest BCUT2D eigenvalue weighted by Crippen LogP contribution is -1.94. The molecule has 0 aliphatic heterocycles. The third-order valence-electron chi connectivity index (χ3n) is 1.03. The van der Waals surface area contributed by atoms with Crippen molar-refractivity contribution in [1.82, 2.24) is 6.15 Å². The molecule has 80 valence electrons. The van der Waals surface area contributed by atoms with Crippen molar-refractivity contribution in [2.45, 2.75) is 26.7 Å². The fourth-order valence-electron chi connectivity index (χ4n) is 0.289. The molecule has 0 unspecified atom stereocenters. The van der Waals surface area contributed by atoms with Crippen LogP contribution in [0.4, 0.5) is 0 Å². The summed E-state index contributed by atoms with van der Waals surface area (Å²) in [5.41, 5.74) is 0. The van der Waals surface area contributed by atoms with Crippen molar-refractivity contribution in [3.63, 3.8) is 0 Å². The summed E-state index contributed by atoms with van der Waals surface area (Å²) in [7, 11) is 2.76. The molecule has 0 rings (SSSR count). The van der Waals surface area contributed by atoms with E-state index in [1.54, 1.807) is 13.8 Å². The third kappa shape index (κ3) is 18.1. The molecular weight excluding hydrogens is 174 g/mol. The van der Waals surface area contributed by atoms with E-state index in [0.29, 0.717) is 12.8 Å². The quantitative estimate of drug-likeness (QED) is 0.668. The van der Waals surface area contributed by atoms with Gasteiger partial charge in [0.2, 0.25) is 0 Å². The zero-order chi connectivity index (χ0) is 9.98. The normalized spacial score (nSPS) is 7.08. The van der Waals surface area contributed by atoms with Crippen molar-refractivity contribution < 1.29 is 19.1 Å². The maximum atomic E-state index is 9.96. The Kier molecular flexibility index (Phi) is 18.5. The Morgan fingerprint density at radius 1 is 0.923 bits per heavy atom. The minimum Gasteiger partial charge on any atom is -0.469 e. The molecule has 0 saturated carbocycles. The minimum atomic E-state index is -0.157. The maximum absolute atomic E-state index is 9.96. The standard InChI is InChI=1S/2C4H8O2.H3N/c2*1-3-4(5)6-2;/h2*3H2,1-2H3;1H3. The van der Waals surface area contributed by atoms with Gasteiger partial charge >= 0.3 is 11.9 Å². The zero-order valence-electron chi connectivity index (χ0n) is 8.75. The van der Waals surface area contributed by atoms with Crippen LogP contribution in [0.5, 0.6) is 0 Å². The summed E-state index contributed by atoms with van der Waals surface area (Å²) in [5, 5.41) is 0. The average Bonchev–Trinajstić information content (AvgIpc) is 2.16. The van der Waals surface area contributed by atoms with Gasteiger partial charge in [0.25, 0.3) is 0 Å². The first-order valence-corrected chi connectivity index (χ1v) is 3.75. The Balaban J connectivity index is -0.000000143. The van der Waals surface area contributed by atoms with E-state index in [9.17, 15) is 9.59 Å². The summed E-state index contributed by atoms with van der Waals surface area (Å²) in [6.45, 7) is 3.51. The van der Waals surface area contributed by atoms with Gasteiger partial charge in [-0.2, -0.15) is 0 Å². The molecule has 0 spiro atoms. The molecule has 5 nitrogen and oxygen atoms in total. The number of methoxy groups -OCH3 is 2. The van der Waals surface area contributed by atoms with Crippen LogP contribution in [0.15, 0.2) is 0 Å². The molecule has 0 aromatic rings. The number of esters is 2. The third-order valence-corrected chi connectivity index (χ3v) is 1.03. The van der Waals surface area contributed by atoms with Gasteiger partial charge in [-0.1, -0.05) is 13.8 Å². The second-order valence-electron chi connectivity index (χ2n) is 1.86. The van der Waals surface area contributed by atoms with Crippen LogP contribution >= 0.6 is 0 Å². The molecule has 5 heteroatoms. The van der Waals surface area contributed by atoms with Crippen LogP contribution in [0.3, 0.4) is 0 Å². The van der Waals surface area contributed by atoms with Gasteiger partial charge < -0.3 is 15.6 Å². The molecule has 0 atom stereocenters. The van der Waals surface area contributed by atoms with Crippen LogP contribution in [0, 0.1) is 0 Å². The second-order valence-corrected chi connectivity index (χ2v) is 1.86. The molecule has 0 bridgehead atoms. The highest BCUT2D eigenvalue weighted by Gasteiger charge is 1.88. The summed E-state index contributed by atoms with van der Waals surface area (Å²) < 4.78 is 8.52. The van der Waals surface area contributed by atoms with Gasteiger partial charge in [-0.3, -0.25) is 9.59 Å². The minimum absolute atomic E-state index is 0. The van der Waals surface area contributed by atoms with E-state index in [1.807, 2.05) is 0 Å². The number of hydrogen-bond donors (Lipinski definition) is 1. The van der Waals surface area contributed by atoms with Crippen LogP contribution in [-0.2, 0) is 19.1 Å². The second kappa shape index (κ2) is 13.5. The van der Waals surface area contributed by atoms with E-state index < -0.39 is 0 Å². The molecule has 0 heterocycles. The SMILES string of the molecule is CCC(=O)OC.CCC(=O)OC.N. The van der Waals surface area contributed by atoms with Crippen molar-refractivity contribution in [1.29, 1.82) is 0 Å². The van der Waals surface area contributed by atoms with Gasteiger partial charge in [-0.05, 0) is 0 Å². The first kappa shape index (κ1) is 17.8. The summed E-state index contributed by atoms with van der Waals surface area (Å²) >= 11 is 0. The summed E-state index contributed by atoms with van der Waals surface area (Å²) in [5.74, 6) is -0.315. The molecular formula is C8H19NO4. The van der Waals surface area contributed by atoms with E-state index in [1.165, 1.54) is 14.2 Å². The highest BCUT2D eigenvalue weighted by atomic mass is 16.5. The highest BCUT2D eigenvalue weighted by molar-refractivity contribution is 5.68. The van der Waals surface area contributed by atoms with Crippen molar-refractivity contribution in [3.8, 4) is 0 Å². The van der Waals surface area contributed by atoms with Crippen LogP contribution in [-0.4, -0.2) is 26.2 Å². The van der Waals surface area contributed by atoms with Gasteiger partial charge in [0.15, 0.2) is 0 Å². The molecule has 3 N–H and O–H groups in total. The van der Waals surface area contributed by atoms with Gasteiger partial charge in [0.1, 0.15) is 0 Å². The average molecular weight is 193 g/mol. The van der Waals surface area contributed by atoms with E-state index in [4.69, 9.17) is 0 Å². The molecule has 0 aromatic carbocycles. The monoisotopic (exact) mass is 193 g/mol. The summed E-state index contributed by atoms with van der Waals surface area (Å²) in [6.07, 6.45) is 0.938. The van der Waals surface area contributed by atoms with E-state index in [2.05, 4.69) is 9.47 Å². The van der Waals surface area contributed by atoms with Crippen LogP contribution in [0.1, 0.15) is 26.7 Å². The lowest BCUT2D eigenvalue weighted by molar-refractivity contribution is -0.141. The Labute approximate surface area is 79.0 Å². The van der Waals surface area contributed by atoms with Crippen molar-refractivity contribution >= 4 is 11.9 Å². The molecule has 0 fully saturated rings. The number of rotatable bonds is 2. The first-order chi connectivity index (χ1) is 5.62. The van der Waals surface area contributed by atoms with E-state index in [0.717, 1.165) is 0 Å². The van der Waals surface area contributed by atoms with Crippen LogP contribution < -0.4 is 6.15 Å². The molecule has 0 aliphatic carbocycles. The molecule has 0 aliphatic rings. The lowest BCUT2D eigenvalue weighted by atomic mass is 10.5. The smallest absolute Gasteiger partial charge is 0.305 e. The largest absolute Gasteiger partial charge is 0.469 e. The molecule has 0 aromatic heterocycles. The van der Waals surface area contributed by atoms with Gasteiger partial charge in [0, 0.05) is 12.8 Å². The Hall–Kier alpha value is -1.10. The van der Waals surface area contributed by atoms with Crippen LogP contribution in [0.25, 0.3) is 0 Å². The summed E-state index contributed by atoms with van der Waals surface area (Å²) in [4.78, 5) is 19.9. The lowest BCUT2D eigenvalue weighted by Gasteiger charge is -1.87. The Morgan fingerprint density at radius 2 is 1.15 bits per heavy atom. The first-order valence-electron chi connectivity index (χ1n) is 3.75. The fraction of sp³-hybridized carbons (Fsp3) is 0.750. The predicted molar refractivity (Wildman–Crippen MR) is 49.6 cm³/mol. The number of hydrogen-bond acceptors (Lipinski definition) is 5. The van der Waals surface area contributed by atoms with E-state index >= 15 is 0 Å². The predicted octanol–water partition coefficient (Wildman–Crippen LogP) is 1.30. The molecule has 13 heavy (non-hydrogen) atoms. The van der Waals surface area contributed by atoms with Crippen molar-refractivity contribution in [2.24, 2.45) is 0 Å². The Bertz CT molecular complexity index is 108. The van der Waals surface area contributed by atoms with E-state index in [-0.39, 0.29) is 18.1 Å². The number of carbonyl (C=O) groups is 2. The van der Waals surface area contributed by atoms with Crippen molar-refractivity contribution in [3.05, 3.63) is 0 Å². The fourth-order valence-corrected chi connectivity index (χ4v) is 0.289. The summed E-state index contributed by atoms with van der Waals surface area (Å²) in [6, 6.07) is 0. The molecule has 0 saturated heterocycles. The van der Waals surface area contributed by atoms with Gasteiger partial charge in [-0.25, -0.2) is 0 Å². The van der Waals surface area contributed by atoms with Crippen molar-refractivity contribution in [2.75, 3.05) is 14.2 Å². The highest BCUT2D eigenvalue weighted by Crippen LogP contribution is 1.76. The molecule has 0 amide bonds. The zero-order valence-corrected chi connectivity index (χ0v) is 8.75. The van der Waals surface area contributed by atoms with Gasteiger partial charge in [-0.15, -0.1) is 0 Å². The number of carbonyl (C=O) groups excluding carboxylic acids is 2.